The van der Waals surface area contributed by atoms with Crippen LogP contribution in [0.3, 0.4) is 0 Å². The molecule has 0 aromatic heterocycles. The normalized spacial score (nSPS) is 17.2. The average molecular weight is 332 g/mol. The molecular weight excluding hydrogens is 304 g/mol. The molecule has 1 aromatic carbocycles. The summed E-state index contributed by atoms with van der Waals surface area (Å²) in [6, 6.07) is 5.42. The predicted octanol–water partition coefficient (Wildman–Crippen LogP) is 2.98. The zero-order chi connectivity index (χ0) is 17.9. The minimum atomic E-state index is -0.475. The summed E-state index contributed by atoms with van der Waals surface area (Å²) in [5, 5.41) is 0. The van der Waals surface area contributed by atoms with Crippen molar-refractivity contribution in [2.45, 2.75) is 39.7 Å². The molecule has 1 unspecified atom stereocenters. The van der Waals surface area contributed by atoms with E-state index in [0.29, 0.717) is 30.0 Å². The lowest BCUT2D eigenvalue weighted by Crippen LogP contribution is -2.50. The monoisotopic (exact) mass is 332 g/mol. The van der Waals surface area contributed by atoms with E-state index in [1.807, 2.05) is 45.8 Å². The van der Waals surface area contributed by atoms with Gasteiger partial charge in [-0.1, -0.05) is 20.8 Å². The van der Waals surface area contributed by atoms with Gasteiger partial charge in [-0.15, -0.1) is 0 Å². The van der Waals surface area contributed by atoms with E-state index in [-0.39, 0.29) is 17.6 Å². The number of likely N-dealkylation sites (N-methyl/N-ethyl adjacent to an activating group) is 1. The van der Waals surface area contributed by atoms with Crippen molar-refractivity contribution in [1.82, 2.24) is 4.90 Å². The van der Waals surface area contributed by atoms with Gasteiger partial charge >= 0.3 is 0 Å². The molecule has 0 spiro atoms. The van der Waals surface area contributed by atoms with E-state index in [0.717, 1.165) is 13.0 Å². The first-order valence-corrected chi connectivity index (χ1v) is 8.65. The van der Waals surface area contributed by atoms with Crippen LogP contribution in [0.4, 0.5) is 5.69 Å². The third-order valence-electron chi connectivity index (χ3n) is 4.19. The number of carbonyl (C=O) groups is 2. The Morgan fingerprint density at radius 3 is 2.62 bits per heavy atom. The lowest BCUT2D eigenvalue weighted by molar-refractivity contribution is -0.128. The number of ether oxygens (including phenoxy) is 1. The number of fused-ring (bicyclic) bond motifs is 1. The van der Waals surface area contributed by atoms with Gasteiger partial charge in [-0.05, 0) is 44.6 Å². The highest BCUT2D eigenvalue weighted by Gasteiger charge is 2.36. The summed E-state index contributed by atoms with van der Waals surface area (Å²) in [6.07, 6.45) is 0.849. The van der Waals surface area contributed by atoms with Crippen LogP contribution in [0.5, 0.6) is 5.75 Å². The fourth-order valence-corrected chi connectivity index (χ4v) is 2.78. The SMILES string of the molecule is CCCC(=O)c1ccc2c(c1)N(CCN(C)C)C(=O)C(C(C)C)O2. The van der Waals surface area contributed by atoms with Crippen molar-refractivity contribution in [3.8, 4) is 5.75 Å². The van der Waals surface area contributed by atoms with Gasteiger partial charge in [0.25, 0.3) is 5.91 Å². The Morgan fingerprint density at radius 1 is 1.33 bits per heavy atom. The van der Waals surface area contributed by atoms with Gasteiger partial charge in [0.15, 0.2) is 11.9 Å². The summed E-state index contributed by atoms with van der Waals surface area (Å²) in [4.78, 5) is 28.9. The van der Waals surface area contributed by atoms with Gasteiger partial charge in [-0.3, -0.25) is 9.59 Å². The molecule has 1 atom stereocenters. The quantitative estimate of drug-likeness (QED) is 0.720. The minimum absolute atomic E-state index is 0.0283. The van der Waals surface area contributed by atoms with Gasteiger partial charge in [0, 0.05) is 25.1 Å². The molecule has 1 aliphatic rings. The number of hydrogen-bond acceptors (Lipinski definition) is 4. The van der Waals surface area contributed by atoms with E-state index in [9.17, 15) is 9.59 Å². The Labute approximate surface area is 144 Å². The van der Waals surface area contributed by atoms with Crippen LogP contribution in [0.1, 0.15) is 44.0 Å². The third-order valence-corrected chi connectivity index (χ3v) is 4.19. The van der Waals surface area contributed by atoms with Crippen LogP contribution in [0.2, 0.25) is 0 Å². The molecule has 0 bridgehead atoms. The van der Waals surface area contributed by atoms with E-state index in [2.05, 4.69) is 0 Å². The zero-order valence-corrected chi connectivity index (χ0v) is 15.3. The second-order valence-corrected chi connectivity index (χ2v) is 6.93. The minimum Gasteiger partial charge on any atom is -0.478 e. The molecule has 5 heteroatoms. The second kappa shape index (κ2) is 7.79. The van der Waals surface area contributed by atoms with E-state index in [4.69, 9.17) is 4.74 Å². The van der Waals surface area contributed by atoms with Crippen LogP contribution >= 0.6 is 0 Å². The first-order chi connectivity index (χ1) is 11.3. The van der Waals surface area contributed by atoms with Crippen molar-refractivity contribution in [3.63, 3.8) is 0 Å². The number of hydrogen-bond donors (Lipinski definition) is 0. The fourth-order valence-electron chi connectivity index (χ4n) is 2.78. The Hall–Kier alpha value is -1.88. The van der Waals surface area contributed by atoms with Crippen LogP contribution < -0.4 is 9.64 Å². The molecule has 0 saturated carbocycles. The highest BCUT2D eigenvalue weighted by atomic mass is 16.5. The molecule has 1 aliphatic heterocycles. The summed E-state index contributed by atoms with van der Waals surface area (Å²) < 4.78 is 5.92. The van der Waals surface area contributed by atoms with Crippen LogP contribution in [0.25, 0.3) is 0 Å². The van der Waals surface area contributed by atoms with Crippen molar-refractivity contribution in [2.24, 2.45) is 5.92 Å². The number of carbonyl (C=O) groups excluding carboxylic acids is 2. The highest BCUT2D eigenvalue weighted by Crippen LogP contribution is 2.36. The number of rotatable bonds is 7. The molecule has 5 nitrogen and oxygen atoms in total. The molecule has 0 radical (unpaired) electrons. The van der Waals surface area contributed by atoms with E-state index in [1.54, 1.807) is 17.0 Å². The summed E-state index contributed by atoms with van der Waals surface area (Å²) in [6.45, 7) is 7.28. The molecule has 0 fully saturated rings. The number of nitrogens with zero attached hydrogens (tertiary/aromatic N) is 2. The molecule has 1 aromatic rings. The van der Waals surface area contributed by atoms with Crippen LogP contribution in [0, 0.1) is 5.92 Å². The van der Waals surface area contributed by atoms with Crippen molar-refractivity contribution < 1.29 is 14.3 Å². The summed E-state index contributed by atoms with van der Waals surface area (Å²) >= 11 is 0. The first-order valence-electron chi connectivity index (χ1n) is 8.65. The van der Waals surface area contributed by atoms with Gasteiger partial charge in [-0.2, -0.15) is 0 Å². The third kappa shape index (κ3) is 3.96. The Morgan fingerprint density at radius 2 is 2.04 bits per heavy atom. The second-order valence-electron chi connectivity index (χ2n) is 6.93. The van der Waals surface area contributed by atoms with E-state index >= 15 is 0 Å². The largest absolute Gasteiger partial charge is 0.478 e. The maximum atomic E-state index is 12.8. The van der Waals surface area contributed by atoms with Gasteiger partial charge < -0.3 is 14.5 Å². The number of ketones is 1. The summed E-state index contributed by atoms with van der Waals surface area (Å²) in [5.74, 6) is 0.847. The molecular formula is C19H28N2O3. The number of Topliss-reactive ketones (excluding diaryl/α,β-unsaturated/α-hetero) is 1. The molecule has 1 amide bonds. The Bertz CT molecular complexity index is 611. The van der Waals surface area contributed by atoms with Crippen LogP contribution in [0.15, 0.2) is 18.2 Å². The smallest absolute Gasteiger partial charge is 0.268 e. The molecule has 1 heterocycles. The lowest BCUT2D eigenvalue weighted by atomic mass is 10.0. The summed E-state index contributed by atoms with van der Waals surface area (Å²) in [7, 11) is 3.96. The van der Waals surface area contributed by atoms with E-state index < -0.39 is 6.10 Å². The van der Waals surface area contributed by atoms with Gasteiger partial charge in [0.05, 0.1) is 5.69 Å². The van der Waals surface area contributed by atoms with Crippen LogP contribution in [-0.2, 0) is 4.79 Å². The van der Waals surface area contributed by atoms with Crippen LogP contribution in [-0.4, -0.2) is 49.9 Å². The first kappa shape index (κ1) is 18.5. The lowest BCUT2D eigenvalue weighted by Gasteiger charge is -2.36. The number of benzene rings is 1. The van der Waals surface area contributed by atoms with Gasteiger partial charge in [0.1, 0.15) is 5.75 Å². The number of amides is 1. The Balaban J connectivity index is 2.39. The zero-order valence-electron chi connectivity index (χ0n) is 15.3. The van der Waals surface area contributed by atoms with Crippen molar-refractivity contribution in [3.05, 3.63) is 23.8 Å². The van der Waals surface area contributed by atoms with Crippen molar-refractivity contribution >= 4 is 17.4 Å². The van der Waals surface area contributed by atoms with Crippen molar-refractivity contribution in [1.29, 1.82) is 0 Å². The molecule has 0 aliphatic carbocycles. The topological polar surface area (TPSA) is 49.9 Å². The molecule has 24 heavy (non-hydrogen) atoms. The fraction of sp³-hybridized carbons (Fsp3) is 0.579. The highest BCUT2D eigenvalue weighted by molar-refractivity contribution is 6.03. The maximum absolute atomic E-state index is 12.8. The molecule has 0 saturated heterocycles. The van der Waals surface area contributed by atoms with Gasteiger partial charge in [-0.25, -0.2) is 0 Å². The molecule has 2 rings (SSSR count). The predicted molar refractivity (Wildman–Crippen MR) is 95.8 cm³/mol. The summed E-state index contributed by atoms with van der Waals surface area (Å²) in [5.41, 5.74) is 1.35. The van der Waals surface area contributed by atoms with Crippen molar-refractivity contribution in [2.75, 3.05) is 32.1 Å². The Kier molecular flexibility index (Phi) is 5.99. The number of anilines is 1. The van der Waals surface area contributed by atoms with Gasteiger partial charge in [0.2, 0.25) is 0 Å². The molecule has 0 N–H and O–H groups in total. The molecule has 132 valence electrons. The van der Waals surface area contributed by atoms with E-state index in [1.165, 1.54) is 0 Å². The maximum Gasteiger partial charge on any atom is 0.268 e. The standard InChI is InChI=1S/C19H28N2O3/c1-6-7-16(22)14-8-9-17-15(12-14)21(11-10-20(4)5)19(23)18(24-17)13(2)3/h8-9,12-13,18H,6-7,10-11H2,1-5H3. The average Bonchev–Trinajstić information content (AvgIpc) is 2.52.